The zero-order valence-electron chi connectivity index (χ0n) is 16.9. The lowest BCUT2D eigenvalue weighted by Crippen LogP contribution is -2.42. The highest BCUT2D eigenvalue weighted by Crippen LogP contribution is 2.28. The maximum atomic E-state index is 12.8. The van der Waals surface area contributed by atoms with Crippen molar-refractivity contribution in [3.05, 3.63) is 77.3 Å². The molecule has 0 radical (unpaired) electrons. The predicted molar refractivity (Wildman–Crippen MR) is 118 cm³/mol. The van der Waals surface area contributed by atoms with Gasteiger partial charge in [0, 0.05) is 0 Å². The Labute approximate surface area is 179 Å². The molecule has 1 amide bonds. The Bertz CT molecular complexity index is 1200. The summed E-state index contributed by atoms with van der Waals surface area (Å²) in [5, 5.41) is 12.2. The van der Waals surface area contributed by atoms with E-state index in [4.69, 9.17) is 16.3 Å². The van der Waals surface area contributed by atoms with Crippen molar-refractivity contribution in [3.8, 4) is 11.4 Å². The lowest BCUT2D eigenvalue weighted by atomic mass is 10.1. The Morgan fingerprint density at radius 2 is 1.63 bits per heavy atom. The van der Waals surface area contributed by atoms with Crippen LogP contribution >= 0.6 is 11.6 Å². The highest BCUT2D eigenvalue weighted by Gasteiger charge is 2.30. The number of para-hydroxylation sites is 1. The van der Waals surface area contributed by atoms with Gasteiger partial charge in [0.25, 0.3) is 5.91 Å². The second kappa shape index (κ2) is 7.80. The molecular weight excluding hydrogens is 400 g/mol. The van der Waals surface area contributed by atoms with Crippen molar-refractivity contribution < 1.29 is 9.53 Å². The van der Waals surface area contributed by atoms with Gasteiger partial charge in [0.2, 0.25) is 0 Å². The smallest absolute Gasteiger partial charge is 0.268 e. The summed E-state index contributed by atoms with van der Waals surface area (Å²) in [6, 6.07) is 20.5. The van der Waals surface area contributed by atoms with Crippen LogP contribution in [0.5, 0.6) is 5.75 Å². The molecule has 4 rings (SSSR count). The van der Waals surface area contributed by atoms with Crippen LogP contribution in [0.25, 0.3) is 16.7 Å². The number of fused-ring (bicyclic) bond motifs is 1. The van der Waals surface area contributed by atoms with Gasteiger partial charge in [-0.05, 0) is 57.2 Å². The largest absolute Gasteiger partial charge is 0.478 e. The van der Waals surface area contributed by atoms with E-state index in [-0.39, 0.29) is 5.91 Å². The molecular formula is C23H21ClN4O2. The van der Waals surface area contributed by atoms with Gasteiger partial charge in [-0.15, -0.1) is 10.2 Å². The van der Waals surface area contributed by atoms with E-state index >= 15 is 0 Å². The van der Waals surface area contributed by atoms with Gasteiger partial charge in [0.05, 0.1) is 16.4 Å². The number of anilines is 1. The molecule has 30 heavy (non-hydrogen) atoms. The maximum absolute atomic E-state index is 12.8. The topological polar surface area (TPSA) is 69.0 Å². The van der Waals surface area contributed by atoms with Crippen LogP contribution in [0.3, 0.4) is 0 Å². The van der Waals surface area contributed by atoms with E-state index in [9.17, 15) is 4.79 Å². The van der Waals surface area contributed by atoms with E-state index in [1.54, 1.807) is 42.9 Å². The molecule has 0 aliphatic heterocycles. The number of ether oxygens (including phenoxy) is 1. The minimum Gasteiger partial charge on any atom is -0.478 e. The molecule has 1 N–H and O–H groups in total. The molecule has 0 saturated carbocycles. The van der Waals surface area contributed by atoms with Crippen molar-refractivity contribution in [2.24, 2.45) is 0 Å². The molecule has 0 saturated heterocycles. The minimum atomic E-state index is -1.10. The van der Waals surface area contributed by atoms with E-state index in [0.717, 1.165) is 11.3 Å². The summed E-state index contributed by atoms with van der Waals surface area (Å²) in [5.74, 6) is 0.291. The molecule has 4 aromatic rings. The molecule has 152 valence electrons. The number of rotatable bonds is 5. The molecule has 7 heteroatoms. The van der Waals surface area contributed by atoms with Gasteiger partial charge in [-0.1, -0.05) is 47.5 Å². The van der Waals surface area contributed by atoms with Crippen LogP contribution in [0.2, 0.25) is 5.02 Å². The van der Waals surface area contributed by atoms with E-state index < -0.39 is 5.60 Å². The molecule has 1 heterocycles. The molecule has 0 atom stereocenters. The number of hydrogen-bond acceptors (Lipinski definition) is 4. The standard InChI is InChI=1S/C23H21ClN4O2/c1-15-9-11-16(12-10-15)28-26-20-13-18(24)19(14-21(20)27-28)25-22(29)23(2,3)30-17-7-5-4-6-8-17/h4-14H,1-3H3,(H,25,29). The summed E-state index contributed by atoms with van der Waals surface area (Å²) in [7, 11) is 0. The van der Waals surface area contributed by atoms with Crippen LogP contribution in [0.15, 0.2) is 66.7 Å². The number of carbonyl (C=O) groups is 1. The average molecular weight is 421 g/mol. The van der Waals surface area contributed by atoms with E-state index in [2.05, 4.69) is 15.5 Å². The van der Waals surface area contributed by atoms with Crippen LogP contribution in [0.4, 0.5) is 5.69 Å². The Kier molecular flexibility index (Phi) is 5.18. The van der Waals surface area contributed by atoms with Crippen LogP contribution in [-0.2, 0) is 4.79 Å². The van der Waals surface area contributed by atoms with Gasteiger partial charge in [-0.3, -0.25) is 4.79 Å². The van der Waals surface area contributed by atoms with Crippen molar-refractivity contribution in [3.63, 3.8) is 0 Å². The molecule has 3 aromatic carbocycles. The van der Waals surface area contributed by atoms with Crippen molar-refractivity contribution in [2.75, 3.05) is 5.32 Å². The van der Waals surface area contributed by atoms with Crippen LogP contribution < -0.4 is 10.1 Å². The summed E-state index contributed by atoms with van der Waals surface area (Å²) in [4.78, 5) is 14.4. The third-order valence-electron chi connectivity index (χ3n) is 4.65. The summed E-state index contributed by atoms with van der Waals surface area (Å²) in [6.07, 6.45) is 0. The van der Waals surface area contributed by atoms with Gasteiger partial charge in [0.15, 0.2) is 5.60 Å². The number of benzene rings is 3. The monoisotopic (exact) mass is 420 g/mol. The van der Waals surface area contributed by atoms with Gasteiger partial charge < -0.3 is 10.1 Å². The Morgan fingerprint density at radius 3 is 2.30 bits per heavy atom. The number of nitrogens with one attached hydrogen (secondary N) is 1. The van der Waals surface area contributed by atoms with E-state index in [1.165, 1.54) is 0 Å². The van der Waals surface area contributed by atoms with Gasteiger partial charge in [0.1, 0.15) is 16.8 Å². The lowest BCUT2D eigenvalue weighted by molar-refractivity contribution is -0.128. The third-order valence-corrected chi connectivity index (χ3v) is 4.96. The van der Waals surface area contributed by atoms with E-state index in [0.29, 0.717) is 27.5 Å². The first kappa shape index (κ1) is 19.9. The second-order valence-electron chi connectivity index (χ2n) is 7.53. The Balaban J connectivity index is 1.58. The van der Waals surface area contributed by atoms with Crippen molar-refractivity contribution in [1.29, 1.82) is 0 Å². The minimum absolute atomic E-state index is 0.321. The fourth-order valence-electron chi connectivity index (χ4n) is 2.93. The van der Waals surface area contributed by atoms with Crippen molar-refractivity contribution >= 4 is 34.2 Å². The third kappa shape index (κ3) is 4.14. The zero-order valence-corrected chi connectivity index (χ0v) is 17.6. The number of aryl methyl sites for hydroxylation is 1. The molecule has 1 aromatic heterocycles. The fraction of sp³-hybridized carbons (Fsp3) is 0.174. The molecule has 6 nitrogen and oxygen atoms in total. The van der Waals surface area contributed by atoms with Crippen molar-refractivity contribution in [1.82, 2.24) is 15.0 Å². The van der Waals surface area contributed by atoms with Gasteiger partial charge in [-0.2, -0.15) is 4.80 Å². The number of carbonyl (C=O) groups excluding carboxylic acids is 1. The molecule has 0 bridgehead atoms. The highest BCUT2D eigenvalue weighted by molar-refractivity contribution is 6.34. The zero-order chi connectivity index (χ0) is 21.3. The average Bonchev–Trinajstić information content (AvgIpc) is 3.11. The summed E-state index contributed by atoms with van der Waals surface area (Å²) < 4.78 is 5.85. The van der Waals surface area contributed by atoms with Crippen molar-refractivity contribution in [2.45, 2.75) is 26.4 Å². The fourth-order valence-corrected chi connectivity index (χ4v) is 3.13. The van der Waals surface area contributed by atoms with Gasteiger partial charge in [-0.25, -0.2) is 0 Å². The molecule has 0 fully saturated rings. The van der Waals surface area contributed by atoms with Crippen LogP contribution in [0.1, 0.15) is 19.4 Å². The number of nitrogens with zero attached hydrogens (tertiary/aromatic N) is 3. The molecule has 0 unspecified atom stereocenters. The molecule has 0 aliphatic carbocycles. The normalized spacial score (nSPS) is 11.5. The SMILES string of the molecule is Cc1ccc(-n2nc3cc(Cl)c(NC(=O)C(C)(C)Oc4ccccc4)cc3n2)cc1. The highest BCUT2D eigenvalue weighted by atomic mass is 35.5. The number of aromatic nitrogens is 3. The summed E-state index contributed by atoms with van der Waals surface area (Å²) >= 11 is 6.40. The number of hydrogen-bond donors (Lipinski definition) is 1. The molecule has 0 aliphatic rings. The molecule has 0 spiro atoms. The number of halogens is 1. The van der Waals surface area contributed by atoms with Gasteiger partial charge >= 0.3 is 0 Å². The second-order valence-corrected chi connectivity index (χ2v) is 7.93. The first-order chi connectivity index (χ1) is 14.3. The summed E-state index contributed by atoms with van der Waals surface area (Å²) in [6.45, 7) is 5.43. The van der Waals surface area contributed by atoms with Crippen LogP contribution in [-0.4, -0.2) is 26.5 Å². The first-order valence-corrected chi connectivity index (χ1v) is 9.89. The Morgan fingerprint density at radius 1 is 1.00 bits per heavy atom. The van der Waals surface area contributed by atoms with E-state index in [1.807, 2.05) is 49.4 Å². The predicted octanol–water partition coefficient (Wildman–Crippen LogP) is 5.18. The van der Waals surface area contributed by atoms with Crippen LogP contribution in [0, 0.1) is 6.92 Å². The number of amides is 1. The quantitative estimate of drug-likeness (QED) is 0.483. The maximum Gasteiger partial charge on any atom is 0.268 e. The first-order valence-electron chi connectivity index (χ1n) is 9.51. The lowest BCUT2D eigenvalue weighted by Gasteiger charge is -2.25. The Hall–Kier alpha value is -3.38. The summed E-state index contributed by atoms with van der Waals surface area (Å²) in [5.41, 5.74) is 2.61.